The van der Waals surface area contributed by atoms with Crippen molar-refractivity contribution >= 4 is 17.3 Å². The van der Waals surface area contributed by atoms with E-state index in [1.807, 2.05) is 19.9 Å². The zero-order valence-electron chi connectivity index (χ0n) is 13.5. The van der Waals surface area contributed by atoms with E-state index in [-0.39, 0.29) is 17.3 Å². The molecule has 1 N–H and O–H groups in total. The van der Waals surface area contributed by atoms with Crippen molar-refractivity contribution < 1.29 is 14.5 Å². The Morgan fingerprint density at radius 3 is 2.22 bits per heavy atom. The van der Waals surface area contributed by atoms with Gasteiger partial charge in [0.05, 0.1) is 12.0 Å². The van der Waals surface area contributed by atoms with Gasteiger partial charge < -0.3 is 10.1 Å². The van der Waals surface area contributed by atoms with Gasteiger partial charge in [0.1, 0.15) is 0 Å². The number of anilines is 1. The van der Waals surface area contributed by atoms with Crippen molar-refractivity contribution in [2.45, 2.75) is 20.8 Å². The lowest BCUT2D eigenvalue weighted by Gasteiger charge is -2.11. The molecule has 0 aliphatic heterocycles. The number of carbonyl (C=O) groups excluding carboxylic acids is 1. The van der Waals surface area contributed by atoms with E-state index in [0.29, 0.717) is 16.8 Å². The average Bonchev–Trinajstić information content (AvgIpc) is 2.47. The molecule has 0 fully saturated rings. The zero-order chi connectivity index (χ0) is 17.1. The summed E-state index contributed by atoms with van der Waals surface area (Å²) in [6.45, 7) is 5.54. The molecule has 0 saturated heterocycles. The highest BCUT2D eigenvalue weighted by Crippen LogP contribution is 2.33. The SMILES string of the molecule is COc1cc(NC(=O)c2cc(C)cc(C)c2)c(C)cc1[N+](=O)[O-]. The second-order valence-corrected chi connectivity index (χ2v) is 5.43. The monoisotopic (exact) mass is 314 g/mol. The van der Waals surface area contributed by atoms with Gasteiger partial charge in [0, 0.05) is 23.4 Å². The molecule has 0 unspecified atom stereocenters. The predicted molar refractivity (Wildman–Crippen MR) is 88.3 cm³/mol. The highest BCUT2D eigenvalue weighted by atomic mass is 16.6. The smallest absolute Gasteiger partial charge is 0.311 e. The van der Waals surface area contributed by atoms with Crippen LogP contribution in [0.3, 0.4) is 0 Å². The van der Waals surface area contributed by atoms with Crippen molar-refractivity contribution in [1.29, 1.82) is 0 Å². The molecule has 2 aromatic carbocycles. The summed E-state index contributed by atoms with van der Waals surface area (Å²) in [6, 6.07) is 8.42. The number of amides is 1. The molecule has 0 atom stereocenters. The fraction of sp³-hybridized carbons (Fsp3) is 0.235. The van der Waals surface area contributed by atoms with Gasteiger partial charge in [0.15, 0.2) is 5.75 Å². The van der Waals surface area contributed by atoms with Crippen LogP contribution in [0.4, 0.5) is 11.4 Å². The van der Waals surface area contributed by atoms with Gasteiger partial charge in [-0.3, -0.25) is 14.9 Å². The standard InChI is InChI=1S/C17H18N2O4/c1-10-5-11(2)7-13(6-10)17(20)18-14-9-16(23-4)15(19(21)22)8-12(14)3/h5-9H,1-4H3,(H,18,20). The van der Waals surface area contributed by atoms with Crippen LogP contribution < -0.4 is 10.1 Å². The zero-order valence-corrected chi connectivity index (χ0v) is 13.5. The van der Waals surface area contributed by atoms with Gasteiger partial charge in [-0.15, -0.1) is 0 Å². The molecule has 2 rings (SSSR count). The molecule has 0 heterocycles. The molecular formula is C17H18N2O4. The van der Waals surface area contributed by atoms with Crippen LogP contribution in [0, 0.1) is 30.9 Å². The van der Waals surface area contributed by atoms with E-state index in [1.165, 1.54) is 19.2 Å². The fourth-order valence-corrected chi connectivity index (χ4v) is 2.41. The Morgan fingerprint density at radius 1 is 1.09 bits per heavy atom. The minimum atomic E-state index is -0.513. The first-order chi connectivity index (χ1) is 10.8. The van der Waals surface area contributed by atoms with Crippen molar-refractivity contribution in [3.63, 3.8) is 0 Å². The third-order valence-electron chi connectivity index (χ3n) is 3.45. The number of hydrogen-bond donors (Lipinski definition) is 1. The molecule has 0 bridgehead atoms. The Morgan fingerprint density at radius 2 is 1.70 bits per heavy atom. The molecule has 0 radical (unpaired) electrons. The van der Waals surface area contributed by atoms with Crippen molar-refractivity contribution in [2.75, 3.05) is 12.4 Å². The molecule has 120 valence electrons. The van der Waals surface area contributed by atoms with Crippen LogP contribution >= 0.6 is 0 Å². The summed E-state index contributed by atoms with van der Waals surface area (Å²) >= 11 is 0. The van der Waals surface area contributed by atoms with Crippen molar-refractivity contribution in [3.05, 3.63) is 62.7 Å². The number of benzene rings is 2. The fourth-order valence-electron chi connectivity index (χ4n) is 2.41. The summed E-state index contributed by atoms with van der Waals surface area (Å²) in [7, 11) is 1.35. The third kappa shape index (κ3) is 3.66. The maximum absolute atomic E-state index is 12.4. The highest BCUT2D eigenvalue weighted by molar-refractivity contribution is 6.05. The van der Waals surface area contributed by atoms with Crippen molar-refractivity contribution in [3.8, 4) is 5.75 Å². The summed E-state index contributed by atoms with van der Waals surface area (Å²) in [5.74, 6) is -0.160. The van der Waals surface area contributed by atoms with E-state index in [0.717, 1.165) is 11.1 Å². The number of nitrogens with one attached hydrogen (secondary N) is 1. The molecule has 0 spiro atoms. The summed E-state index contributed by atoms with van der Waals surface area (Å²) in [4.78, 5) is 22.9. The summed E-state index contributed by atoms with van der Waals surface area (Å²) in [6.07, 6.45) is 0. The summed E-state index contributed by atoms with van der Waals surface area (Å²) in [5, 5.41) is 13.8. The molecule has 6 nitrogen and oxygen atoms in total. The van der Waals surface area contributed by atoms with Crippen LogP contribution in [0.1, 0.15) is 27.0 Å². The summed E-state index contributed by atoms with van der Waals surface area (Å²) in [5.41, 5.74) is 3.47. The molecule has 0 aromatic heterocycles. The molecule has 1 amide bonds. The molecule has 0 aliphatic rings. The van der Waals surface area contributed by atoms with Crippen molar-refractivity contribution in [2.24, 2.45) is 0 Å². The lowest BCUT2D eigenvalue weighted by molar-refractivity contribution is -0.385. The first kappa shape index (κ1) is 16.5. The van der Waals surface area contributed by atoms with Gasteiger partial charge >= 0.3 is 5.69 Å². The van der Waals surface area contributed by atoms with E-state index in [2.05, 4.69) is 5.32 Å². The van der Waals surface area contributed by atoms with Crippen molar-refractivity contribution in [1.82, 2.24) is 0 Å². The average molecular weight is 314 g/mol. The van der Waals surface area contributed by atoms with E-state index < -0.39 is 4.92 Å². The van der Waals surface area contributed by atoms with Crippen LogP contribution in [0.15, 0.2) is 30.3 Å². The third-order valence-corrected chi connectivity index (χ3v) is 3.45. The maximum Gasteiger partial charge on any atom is 0.311 e. The Bertz CT molecular complexity index is 764. The normalized spacial score (nSPS) is 10.3. The highest BCUT2D eigenvalue weighted by Gasteiger charge is 2.18. The van der Waals surface area contributed by atoms with Crippen LogP contribution in [-0.2, 0) is 0 Å². The van der Waals surface area contributed by atoms with E-state index >= 15 is 0 Å². The lowest BCUT2D eigenvalue weighted by Crippen LogP contribution is -2.13. The molecule has 0 saturated carbocycles. The molecular weight excluding hydrogens is 296 g/mol. The molecule has 23 heavy (non-hydrogen) atoms. The predicted octanol–water partition coefficient (Wildman–Crippen LogP) is 3.78. The number of nitrogens with zero attached hydrogens (tertiary/aromatic N) is 1. The Kier molecular flexibility index (Phi) is 4.64. The number of nitro groups is 1. The van der Waals surface area contributed by atoms with Crippen LogP contribution in [0.5, 0.6) is 5.75 Å². The second-order valence-electron chi connectivity index (χ2n) is 5.43. The first-order valence-electron chi connectivity index (χ1n) is 7.04. The maximum atomic E-state index is 12.4. The molecule has 6 heteroatoms. The Labute approximate surface area is 134 Å². The van der Waals surface area contributed by atoms with E-state index in [4.69, 9.17) is 4.74 Å². The number of hydrogen-bond acceptors (Lipinski definition) is 4. The quantitative estimate of drug-likeness (QED) is 0.687. The number of nitro benzene ring substituents is 1. The number of aryl methyl sites for hydroxylation is 3. The van der Waals surface area contributed by atoms with Crippen LogP contribution in [0.25, 0.3) is 0 Å². The van der Waals surface area contributed by atoms with Gasteiger partial charge in [0.25, 0.3) is 5.91 Å². The van der Waals surface area contributed by atoms with Gasteiger partial charge in [-0.25, -0.2) is 0 Å². The van der Waals surface area contributed by atoms with Gasteiger partial charge in [0.2, 0.25) is 0 Å². The topological polar surface area (TPSA) is 81.5 Å². The van der Waals surface area contributed by atoms with Crippen LogP contribution in [-0.4, -0.2) is 17.9 Å². The van der Waals surface area contributed by atoms with Crippen LogP contribution in [0.2, 0.25) is 0 Å². The number of carbonyl (C=O) groups is 1. The van der Waals surface area contributed by atoms with Gasteiger partial charge in [-0.2, -0.15) is 0 Å². The second kappa shape index (κ2) is 6.48. The van der Waals surface area contributed by atoms with E-state index in [1.54, 1.807) is 19.1 Å². The molecule has 2 aromatic rings. The lowest BCUT2D eigenvalue weighted by atomic mass is 10.1. The molecule has 0 aliphatic carbocycles. The minimum absolute atomic E-state index is 0.108. The van der Waals surface area contributed by atoms with Gasteiger partial charge in [-0.1, -0.05) is 17.2 Å². The van der Waals surface area contributed by atoms with E-state index in [9.17, 15) is 14.9 Å². The number of ether oxygens (including phenoxy) is 1. The van der Waals surface area contributed by atoms with Gasteiger partial charge in [-0.05, 0) is 38.5 Å². The minimum Gasteiger partial charge on any atom is -0.490 e. The first-order valence-corrected chi connectivity index (χ1v) is 7.04. The number of rotatable bonds is 4. The number of methoxy groups -OCH3 is 1. The summed E-state index contributed by atoms with van der Waals surface area (Å²) < 4.78 is 5.03. The largest absolute Gasteiger partial charge is 0.490 e. The Hall–Kier alpha value is -2.89. The Balaban J connectivity index is 2.36.